The number of aromatic nitrogens is 2. The predicted octanol–water partition coefficient (Wildman–Crippen LogP) is 5.23. The molecule has 2 aromatic heterocycles. The quantitative estimate of drug-likeness (QED) is 0.466. The monoisotopic (exact) mass is 398 g/mol. The van der Waals surface area contributed by atoms with Crippen LogP contribution >= 0.6 is 0 Å². The Bertz CT molecular complexity index is 1070. The Hall–Kier alpha value is -3.40. The van der Waals surface area contributed by atoms with E-state index in [4.69, 9.17) is 11.5 Å². The second-order valence-corrected chi connectivity index (χ2v) is 8.14. The van der Waals surface area contributed by atoms with Gasteiger partial charge in [0, 0.05) is 12.8 Å². The van der Waals surface area contributed by atoms with Crippen LogP contribution < -0.4 is 11.5 Å². The summed E-state index contributed by atoms with van der Waals surface area (Å²) in [6.45, 7) is 4.11. The highest BCUT2D eigenvalue weighted by Crippen LogP contribution is 2.21. The first-order chi connectivity index (χ1) is 14.4. The Morgan fingerprint density at radius 3 is 1.43 bits per heavy atom. The molecule has 4 N–H and O–H groups in total. The minimum absolute atomic E-state index is 0. The van der Waals surface area contributed by atoms with Crippen molar-refractivity contribution in [3.63, 3.8) is 0 Å². The number of nitrogens with zero attached hydrogens (tertiary/aromatic N) is 2. The number of nitrogens with two attached hydrogens (primary N) is 2. The highest BCUT2D eigenvalue weighted by atomic mass is 14.8. The van der Waals surface area contributed by atoms with Crippen molar-refractivity contribution < 1.29 is 1.43 Å². The standard InChI is InChI=1S/C26H28N4.H2/c1-17-11-23(29-25(27)13-17)9-5-19-3-7-22-16-20(4-8-21(22)15-19)6-10-24-12-18(2)14-26(28)30-24;/h3-4,7-8,11-16H,5-6,9-10H2,1-2H3,(H2,27,29)(H2,28,30);1H. The minimum Gasteiger partial charge on any atom is -0.384 e. The number of aryl methyl sites for hydroxylation is 6. The molecule has 0 radical (unpaired) electrons. The smallest absolute Gasteiger partial charge is 0.123 e. The van der Waals surface area contributed by atoms with Crippen molar-refractivity contribution in [2.45, 2.75) is 39.5 Å². The molecule has 0 spiro atoms. The molecule has 0 amide bonds. The molecule has 0 aliphatic rings. The van der Waals surface area contributed by atoms with E-state index in [0.717, 1.165) is 48.2 Å². The molecule has 4 heteroatoms. The van der Waals surface area contributed by atoms with Gasteiger partial charge in [0.15, 0.2) is 0 Å². The molecule has 0 saturated carbocycles. The topological polar surface area (TPSA) is 77.8 Å². The second-order valence-electron chi connectivity index (χ2n) is 8.14. The van der Waals surface area contributed by atoms with E-state index < -0.39 is 0 Å². The highest BCUT2D eigenvalue weighted by molar-refractivity contribution is 5.83. The van der Waals surface area contributed by atoms with Crippen molar-refractivity contribution in [1.29, 1.82) is 0 Å². The van der Waals surface area contributed by atoms with Crippen molar-refractivity contribution in [3.8, 4) is 0 Å². The van der Waals surface area contributed by atoms with E-state index in [9.17, 15) is 0 Å². The van der Waals surface area contributed by atoms with Crippen LogP contribution in [0.2, 0.25) is 0 Å². The maximum Gasteiger partial charge on any atom is 0.123 e. The average molecular weight is 399 g/mol. The van der Waals surface area contributed by atoms with Crippen molar-refractivity contribution in [3.05, 3.63) is 94.3 Å². The molecule has 0 bridgehead atoms. The van der Waals surface area contributed by atoms with Gasteiger partial charge >= 0.3 is 0 Å². The molecule has 4 aromatic rings. The summed E-state index contributed by atoms with van der Waals surface area (Å²) in [6, 6.07) is 21.5. The van der Waals surface area contributed by atoms with Crippen LogP contribution in [-0.2, 0) is 25.7 Å². The van der Waals surface area contributed by atoms with Crippen molar-refractivity contribution >= 4 is 22.4 Å². The lowest BCUT2D eigenvalue weighted by Gasteiger charge is -2.08. The SMILES string of the molecule is Cc1cc(N)nc(CCc2ccc3cc(CCc4cc(C)cc(N)n4)ccc3c2)c1.[HH]. The molecule has 0 unspecified atom stereocenters. The van der Waals surface area contributed by atoms with Crippen molar-refractivity contribution in [2.75, 3.05) is 11.5 Å². The lowest BCUT2D eigenvalue weighted by atomic mass is 9.99. The van der Waals surface area contributed by atoms with Gasteiger partial charge in [-0.2, -0.15) is 0 Å². The molecular formula is C26H30N4. The van der Waals surface area contributed by atoms with Crippen LogP contribution in [0.4, 0.5) is 11.6 Å². The van der Waals surface area contributed by atoms with Gasteiger partial charge in [0.2, 0.25) is 0 Å². The first kappa shape index (κ1) is 19.9. The molecule has 2 heterocycles. The number of hydrogen-bond acceptors (Lipinski definition) is 4. The Balaban J connectivity index is 0.00000272. The normalized spacial score (nSPS) is 11.1. The molecule has 0 fully saturated rings. The van der Waals surface area contributed by atoms with E-state index in [1.807, 2.05) is 12.1 Å². The zero-order valence-corrected chi connectivity index (χ0v) is 17.7. The summed E-state index contributed by atoms with van der Waals surface area (Å²) in [5, 5.41) is 2.54. The maximum absolute atomic E-state index is 5.87. The van der Waals surface area contributed by atoms with E-state index in [-0.39, 0.29) is 1.43 Å². The van der Waals surface area contributed by atoms with Gasteiger partial charge in [-0.3, -0.25) is 0 Å². The Labute approximate surface area is 179 Å². The van der Waals surface area contributed by atoms with Crippen LogP contribution in [0.5, 0.6) is 0 Å². The third-order valence-corrected chi connectivity index (χ3v) is 5.39. The van der Waals surface area contributed by atoms with Gasteiger partial charge in [-0.25, -0.2) is 9.97 Å². The Morgan fingerprint density at radius 1 is 0.600 bits per heavy atom. The molecule has 154 valence electrons. The second kappa shape index (κ2) is 8.54. The van der Waals surface area contributed by atoms with Crippen molar-refractivity contribution in [2.24, 2.45) is 0 Å². The third kappa shape index (κ3) is 4.95. The van der Waals surface area contributed by atoms with Crippen LogP contribution in [0.15, 0.2) is 60.7 Å². The van der Waals surface area contributed by atoms with Gasteiger partial charge in [-0.05, 0) is 96.8 Å². The summed E-state index contributed by atoms with van der Waals surface area (Å²) >= 11 is 0. The zero-order valence-electron chi connectivity index (χ0n) is 17.7. The predicted molar refractivity (Wildman–Crippen MR) is 128 cm³/mol. The first-order valence-corrected chi connectivity index (χ1v) is 10.4. The molecule has 0 aliphatic heterocycles. The van der Waals surface area contributed by atoms with Crippen molar-refractivity contribution in [1.82, 2.24) is 9.97 Å². The van der Waals surface area contributed by atoms with Crippen LogP contribution in [0.1, 0.15) is 35.1 Å². The van der Waals surface area contributed by atoms with Crippen LogP contribution in [0, 0.1) is 13.8 Å². The lowest BCUT2D eigenvalue weighted by Crippen LogP contribution is -2.00. The summed E-state index contributed by atoms with van der Waals surface area (Å²) in [6.07, 6.45) is 3.69. The summed E-state index contributed by atoms with van der Waals surface area (Å²) in [7, 11) is 0. The van der Waals surface area contributed by atoms with Gasteiger partial charge in [0.1, 0.15) is 11.6 Å². The van der Waals surface area contributed by atoms with Gasteiger partial charge in [0.05, 0.1) is 0 Å². The molecule has 2 aromatic carbocycles. The summed E-state index contributed by atoms with van der Waals surface area (Å²) in [5.74, 6) is 1.19. The van der Waals surface area contributed by atoms with Crippen LogP contribution in [0.25, 0.3) is 10.8 Å². The molecule has 30 heavy (non-hydrogen) atoms. The number of benzene rings is 2. The summed E-state index contributed by atoms with van der Waals surface area (Å²) in [5.41, 5.74) is 18.8. The largest absolute Gasteiger partial charge is 0.384 e. The maximum atomic E-state index is 5.87. The molecule has 0 atom stereocenters. The van der Waals surface area contributed by atoms with Gasteiger partial charge in [0.25, 0.3) is 0 Å². The number of pyridine rings is 2. The van der Waals surface area contributed by atoms with E-state index in [2.05, 4.69) is 72.3 Å². The number of rotatable bonds is 6. The summed E-state index contributed by atoms with van der Waals surface area (Å²) < 4.78 is 0. The van der Waals surface area contributed by atoms with Gasteiger partial charge < -0.3 is 11.5 Å². The fraction of sp³-hybridized carbons (Fsp3) is 0.231. The van der Waals surface area contributed by atoms with E-state index in [1.165, 1.54) is 21.9 Å². The number of anilines is 2. The molecule has 0 saturated heterocycles. The summed E-state index contributed by atoms with van der Waals surface area (Å²) in [4.78, 5) is 8.89. The number of hydrogen-bond donors (Lipinski definition) is 2. The van der Waals surface area contributed by atoms with Gasteiger partial charge in [-0.1, -0.05) is 36.4 Å². The van der Waals surface area contributed by atoms with Crippen LogP contribution in [0.3, 0.4) is 0 Å². The van der Waals surface area contributed by atoms with E-state index in [0.29, 0.717) is 11.6 Å². The molecular weight excluding hydrogens is 368 g/mol. The van der Waals surface area contributed by atoms with E-state index >= 15 is 0 Å². The molecule has 4 nitrogen and oxygen atoms in total. The number of fused-ring (bicyclic) bond motifs is 1. The minimum atomic E-state index is 0. The number of nitrogen functional groups attached to an aromatic ring is 2. The Morgan fingerprint density at radius 2 is 1.03 bits per heavy atom. The highest BCUT2D eigenvalue weighted by Gasteiger charge is 2.04. The fourth-order valence-corrected chi connectivity index (χ4v) is 3.99. The fourth-order valence-electron chi connectivity index (χ4n) is 3.99. The lowest BCUT2D eigenvalue weighted by molar-refractivity contribution is 0.912. The third-order valence-electron chi connectivity index (χ3n) is 5.39. The molecule has 0 aliphatic carbocycles. The molecule has 4 rings (SSSR count). The van der Waals surface area contributed by atoms with Gasteiger partial charge in [-0.15, -0.1) is 0 Å². The Kier molecular flexibility index (Phi) is 5.66. The first-order valence-electron chi connectivity index (χ1n) is 10.4. The van der Waals surface area contributed by atoms with Crippen LogP contribution in [-0.4, -0.2) is 9.97 Å². The average Bonchev–Trinajstić information content (AvgIpc) is 2.69. The zero-order chi connectivity index (χ0) is 21.1. The van der Waals surface area contributed by atoms with E-state index in [1.54, 1.807) is 0 Å².